The third-order valence-corrected chi connectivity index (χ3v) is 5.85. The summed E-state index contributed by atoms with van der Waals surface area (Å²) >= 11 is 0. The molecule has 1 aliphatic rings. The maximum atomic E-state index is 12.6. The number of anilines is 3. The Bertz CT molecular complexity index is 888. The predicted octanol–water partition coefficient (Wildman–Crippen LogP) is 4.81. The van der Waals surface area contributed by atoms with Crippen LogP contribution in [-0.2, 0) is 4.79 Å². The molecule has 0 saturated carbocycles. The molecule has 172 valence electrons. The van der Waals surface area contributed by atoms with E-state index in [0.29, 0.717) is 23.7 Å². The van der Waals surface area contributed by atoms with E-state index in [-0.39, 0.29) is 17.9 Å². The van der Waals surface area contributed by atoms with E-state index in [1.807, 2.05) is 54.3 Å². The second-order valence-corrected chi connectivity index (χ2v) is 7.88. The van der Waals surface area contributed by atoms with Crippen molar-refractivity contribution < 1.29 is 14.3 Å². The van der Waals surface area contributed by atoms with Crippen molar-refractivity contribution in [1.29, 1.82) is 0 Å². The predicted molar refractivity (Wildman–Crippen MR) is 130 cm³/mol. The van der Waals surface area contributed by atoms with Gasteiger partial charge in [-0.25, -0.2) is 4.79 Å². The molecule has 0 aromatic heterocycles. The lowest BCUT2D eigenvalue weighted by atomic mass is 10.0. The first kappa shape index (κ1) is 23.4. The molecule has 3 amide bonds. The van der Waals surface area contributed by atoms with E-state index < -0.39 is 0 Å². The van der Waals surface area contributed by atoms with Crippen LogP contribution in [0.5, 0.6) is 5.75 Å². The summed E-state index contributed by atoms with van der Waals surface area (Å²) < 4.78 is 5.55. The third kappa shape index (κ3) is 5.93. The Morgan fingerprint density at radius 3 is 2.19 bits per heavy atom. The van der Waals surface area contributed by atoms with Gasteiger partial charge in [0.2, 0.25) is 5.91 Å². The minimum atomic E-state index is -0.321. The zero-order chi connectivity index (χ0) is 22.9. The number of hydrogen-bond acceptors (Lipinski definition) is 4. The van der Waals surface area contributed by atoms with E-state index in [9.17, 15) is 9.59 Å². The molecule has 2 aromatic rings. The molecular formula is C25H34N4O3. The molecule has 1 aliphatic heterocycles. The minimum Gasteiger partial charge on any atom is -0.492 e. The van der Waals surface area contributed by atoms with Crippen LogP contribution in [0.1, 0.15) is 33.6 Å². The summed E-state index contributed by atoms with van der Waals surface area (Å²) in [5.41, 5.74) is 2.43. The lowest BCUT2D eigenvalue weighted by Gasteiger charge is -2.37. The van der Waals surface area contributed by atoms with Crippen LogP contribution in [0.2, 0.25) is 0 Å². The number of urea groups is 1. The van der Waals surface area contributed by atoms with Crippen molar-refractivity contribution in [3.05, 3.63) is 48.5 Å². The summed E-state index contributed by atoms with van der Waals surface area (Å²) in [6.07, 6.45) is 1.80. The first-order chi connectivity index (χ1) is 15.5. The van der Waals surface area contributed by atoms with Crippen LogP contribution >= 0.6 is 0 Å². The number of rotatable bonds is 8. The first-order valence-corrected chi connectivity index (χ1v) is 11.5. The topological polar surface area (TPSA) is 73.9 Å². The van der Waals surface area contributed by atoms with Crippen LogP contribution < -0.4 is 20.3 Å². The summed E-state index contributed by atoms with van der Waals surface area (Å²) in [4.78, 5) is 29.3. The van der Waals surface area contributed by atoms with Gasteiger partial charge in [0.05, 0.1) is 12.3 Å². The molecule has 1 heterocycles. The Hall–Kier alpha value is -3.22. The van der Waals surface area contributed by atoms with E-state index in [2.05, 4.69) is 29.4 Å². The van der Waals surface area contributed by atoms with Gasteiger partial charge in [0.1, 0.15) is 5.75 Å². The highest BCUT2D eigenvalue weighted by atomic mass is 16.5. The number of benzene rings is 2. The molecule has 0 atom stereocenters. The van der Waals surface area contributed by atoms with Crippen LogP contribution in [0.25, 0.3) is 0 Å². The van der Waals surface area contributed by atoms with Crippen molar-refractivity contribution in [3.8, 4) is 5.75 Å². The molecule has 1 fully saturated rings. The molecule has 32 heavy (non-hydrogen) atoms. The number of hydrogen-bond donors (Lipinski definition) is 2. The zero-order valence-electron chi connectivity index (χ0n) is 19.3. The van der Waals surface area contributed by atoms with Crippen molar-refractivity contribution in [1.82, 2.24) is 4.90 Å². The average Bonchev–Trinajstić information content (AvgIpc) is 2.82. The van der Waals surface area contributed by atoms with Gasteiger partial charge in [0.15, 0.2) is 0 Å². The van der Waals surface area contributed by atoms with E-state index in [4.69, 9.17) is 4.74 Å². The molecule has 0 radical (unpaired) electrons. The Balaban J connectivity index is 1.52. The summed E-state index contributed by atoms with van der Waals surface area (Å²) in [5.74, 6) is 1.06. The van der Waals surface area contributed by atoms with Gasteiger partial charge in [-0.15, -0.1) is 0 Å². The quantitative estimate of drug-likeness (QED) is 0.620. The molecule has 0 aliphatic carbocycles. The van der Waals surface area contributed by atoms with Crippen molar-refractivity contribution in [2.24, 2.45) is 5.92 Å². The van der Waals surface area contributed by atoms with Crippen LogP contribution in [-0.4, -0.2) is 49.6 Å². The smallest absolute Gasteiger partial charge is 0.323 e. The number of nitrogens with one attached hydrogen (secondary N) is 2. The van der Waals surface area contributed by atoms with E-state index in [1.165, 1.54) is 0 Å². The van der Waals surface area contributed by atoms with Gasteiger partial charge in [-0.3, -0.25) is 4.79 Å². The molecule has 2 aromatic carbocycles. The normalized spacial score (nSPS) is 13.8. The number of amides is 3. The molecule has 0 unspecified atom stereocenters. The second-order valence-electron chi connectivity index (χ2n) is 7.88. The molecule has 0 spiro atoms. The lowest BCUT2D eigenvalue weighted by Crippen LogP contribution is -2.50. The number of nitrogens with zero attached hydrogens (tertiary/aromatic N) is 2. The van der Waals surface area contributed by atoms with Gasteiger partial charge in [-0.1, -0.05) is 26.0 Å². The Kier molecular flexibility index (Phi) is 8.36. The summed E-state index contributed by atoms with van der Waals surface area (Å²) in [6.45, 7) is 9.71. The fourth-order valence-corrected chi connectivity index (χ4v) is 3.97. The molecule has 3 rings (SSSR count). The van der Waals surface area contributed by atoms with Crippen LogP contribution in [0.15, 0.2) is 48.5 Å². The number of para-hydroxylation sites is 2. The highest BCUT2D eigenvalue weighted by Gasteiger charge is 2.25. The lowest BCUT2D eigenvalue weighted by molar-refractivity contribution is -0.136. The van der Waals surface area contributed by atoms with Gasteiger partial charge < -0.3 is 25.2 Å². The van der Waals surface area contributed by atoms with Gasteiger partial charge in [-0.2, -0.15) is 0 Å². The minimum absolute atomic E-state index is 0.138. The fourth-order valence-electron chi connectivity index (χ4n) is 3.97. The van der Waals surface area contributed by atoms with Gasteiger partial charge in [0.25, 0.3) is 0 Å². The molecule has 2 N–H and O–H groups in total. The molecular weight excluding hydrogens is 404 g/mol. The van der Waals surface area contributed by atoms with E-state index >= 15 is 0 Å². The maximum Gasteiger partial charge on any atom is 0.323 e. The van der Waals surface area contributed by atoms with E-state index in [1.54, 1.807) is 6.07 Å². The van der Waals surface area contributed by atoms with Crippen molar-refractivity contribution in [2.75, 3.05) is 48.3 Å². The van der Waals surface area contributed by atoms with Gasteiger partial charge >= 0.3 is 6.03 Å². The number of ether oxygens (including phenoxy) is 1. The summed E-state index contributed by atoms with van der Waals surface area (Å²) in [6, 6.07) is 14.8. The molecule has 0 bridgehead atoms. The highest BCUT2D eigenvalue weighted by molar-refractivity contribution is 6.00. The van der Waals surface area contributed by atoms with Crippen molar-refractivity contribution >= 4 is 29.0 Å². The second kappa shape index (κ2) is 11.4. The third-order valence-electron chi connectivity index (χ3n) is 5.85. The zero-order valence-corrected chi connectivity index (χ0v) is 19.3. The Morgan fingerprint density at radius 1 is 0.906 bits per heavy atom. The standard InChI is InChI=1S/C25H34N4O3/c1-4-19(5-2)24(30)29-17-15-28(16-18-29)21-13-11-20(12-14-21)26-25(31)27-22-9-7-8-10-23(22)32-6-3/h7-14,19H,4-6,15-18H2,1-3H3,(H2,26,27,31). The Labute approximate surface area is 190 Å². The number of piperazine rings is 1. The Morgan fingerprint density at radius 2 is 1.56 bits per heavy atom. The van der Waals surface area contributed by atoms with Gasteiger partial charge in [-0.05, 0) is 56.2 Å². The fraction of sp³-hybridized carbons (Fsp3) is 0.440. The van der Waals surface area contributed by atoms with Crippen LogP contribution in [0.3, 0.4) is 0 Å². The average molecular weight is 439 g/mol. The molecule has 1 saturated heterocycles. The first-order valence-electron chi connectivity index (χ1n) is 11.5. The van der Waals surface area contributed by atoms with Crippen LogP contribution in [0.4, 0.5) is 21.9 Å². The van der Waals surface area contributed by atoms with Crippen molar-refractivity contribution in [2.45, 2.75) is 33.6 Å². The molecule has 7 nitrogen and oxygen atoms in total. The molecule has 7 heteroatoms. The largest absolute Gasteiger partial charge is 0.492 e. The summed E-state index contributed by atoms with van der Waals surface area (Å²) in [7, 11) is 0. The monoisotopic (exact) mass is 438 g/mol. The SMILES string of the molecule is CCOc1ccccc1NC(=O)Nc1ccc(N2CCN(C(=O)C(CC)CC)CC2)cc1. The highest BCUT2D eigenvalue weighted by Crippen LogP contribution is 2.25. The number of carbonyl (C=O) groups excluding carboxylic acids is 2. The van der Waals surface area contributed by atoms with Gasteiger partial charge in [0, 0.05) is 43.5 Å². The van der Waals surface area contributed by atoms with E-state index in [0.717, 1.165) is 44.7 Å². The van der Waals surface area contributed by atoms with Crippen LogP contribution in [0, 0.1) is 5.92 Å². The van der Waals surface area contributed by atoms with Crippen molar-refractivity contribution in [3.63, 3.8) is 0 Å². The maximum absolute atomic E-state index is 12.6. The summed E-state index contributed by atoms with van der Waals surface area (Å²) in [5, 5.41) is 5.69. The number of carbonyl (C=O) groups is 2.